The van der Waals surface area contributed by atoms with Crippen molar-refractivity contribution in [2.24, 2.45) is 0 Å². The molecule has 0 aliphatic rings. The van der Waals surface area contributed by atoms with Gasteiger partial charge in [0.15, 0.2) is 0 Å². The summed E-state index contributed by atoms with van der Waals surface area (Å²) in [7, 11) is 0. The molecule has 25 heavy (non-hydrogen) atoms. The molecule has 0 aliphatic heterocycles. The molecule has 2 aromatic rings. The van der Waals surface area contributed by atoms with E-state index in [-0.39, 0.29) is 11.3 Å². The number of aromatic hydroxyl groups is 1. The van der Waals surface area contributed by atoms with Crippen LogP contribution in [0.4, 0.5) is 5.69 Å². The maximum absolute atomic E-state index is 12.1. The average Bonchev–Trinajstić information content (AvgIpc) is 2.60. The van der Waals surface area contributed by atoms with Gasteiger partial charge in [-0.15, -0.1) is 0 Å². The van der Waals surface area contributed by atoms with Gasteiger partial charge in [-0.2, -0.15) is 5.26 Å². The zero-order chi connectivity index (χ0) is 18.2. The van der Waals surface area contributed by atoms with Crippen LogP contribution in [0.2, 0.25) is 0 Å². The van der Waals surface area contributed by atoms with Crippen LogP contribution in [0.5, 0.6) is 5.75 Å². The van der Waals surface area contributed by atoms with Crippen molar-refractivity contribution in [3.8, 4) is 11.8 Å². The van der Waals surface area contributed by atoms with Gasteiger partial charge in [0.2, 0.25) is 0 Å². The zero-order valence-corrected chi connectivity index (χ0v) is 14.3. The second-order valence-electron chi connectivity index (χ2n) is 5.80. The molecule has 2 aromatic carbocycles. The maximum Gasteiger partial charge on any atom is 0.263 e. The van der Waals surface area contributed by atoms with Gasteiger partial charge in [0.05, 0.1) is 0 Å². The number of phenols is 1. The Morgan fingerprint density at radius 1 is 1.20 bits per heavy atom. The third kappa shape index (κ3) is 5.40. The van der Waals surface area contributed by atoms with E-state index in [0.29, 0.717) is 13.0 Å². The predicted octanol–water partition coefficient (Wildman–Crippen LogP) is 3.19. The highest BCUT2D eigenvalue weighted by molar-refractivity contribution is 5.97. The molecule has 0 heterocycles. The average molecular weight is 335 g/mol. The highest BCUT2D eigenvalue weighted by atomic mass is 16.3. The minimum atomic E-state index is -0.418. The molecule has 0 saturated heterocycles. The Morgan fingerprint density at radius 3 is 2.60 bits per heavy atom. The zero-order valence-electron chi connectivity index (χ0n) is 14.3. The predicted molar refractivity (Wildman–Crippen MR) is 98.1 cm³/mol. The second-order valence-corrected chi connectivity index (χ2v) is 5.80. The molecule has 5 heteroatoms. The summed E-state index contributed by atoms with van der Waals surface area (Å²) in [4.78, 5) is 12.1. The monoisotopic (exact) mass is 335 g/mol. The van der Waals surface area contributed by atoms with E-state index in [2.05, 4.69) is 10.6 Å². The van der Waals surface area contributed by atoms with E-state index in [1.54, 1.807) is 24.3 Å². The van der Waals surface area contributed by atoms with E-state index in [9.17, 15) is 15.2 Å². The van der Waals surface area contributed by atoms with Crippen LogP contribution in [0.15, 0.2) is 54.2 Å². The first-order valence-corrected chi connectivity index (χ1v) is 8.00. The summed E-state index contributed by atoms with van der Waals surface area (Å²) in [6, 6.07) is 14.7. The molecule has 0 saturated carbocycles. The number of benzene rings is 2. The first-order chi connectivity index (χ1) is 12.0. The molecule has 1 amide bonds. The number of rotatable bonds is 6. The summed E-state index contributed by atoms with van der Waals surface area (Å²) >= 11 is 0. The number of carbonyl (C=O) groups is 1. The SMILES string of the molecule is Cc1ccc(C)c(N/C=C(/C#N)C(=O)NCCc2ccc(O)cc2)c1. The number of carbonyl (C=O) groups excluding carboxylic acids is 1. The number of aryl methyl sites for hydroxylation is 2. The molecule has 3 N–H and O–H groups in total. The first kappa shape index (κ1) is 18.1. The standard InChI is InChI=1S/C20H21N3O2/c1-14-3-4-15(2)19(11-14)23-13-17(12-21)20(25)22-10-9-16-5-7-18(24)8-6-16/h3-8,11,13,23-24H,9-10H2,1-2H3,(H,22,25)/b17-13-. The maximum atomic E-state index is 12.1. The van der Waals surface area contributed by atoms with Crippen LogP contribution in [-0.4, -0.2) is 17.6 Å². The molecule has 0 bridgehead atoms. The Hall–Kier alpha value is -3.26. The molecule has 0 fully saturated rings. The summed E-state index contributed by atoms with van der Waals surface area (Å²) in [6.45, 7) is 4.35. The van der Waals surface area contributed by atoms with Crippen LogP contribution >= 0.6 is 0 Å². The summed E-state index contributed by atoms with van der Waals surface area (Å²) in [6.07, 6.45) is 2.05. The smallest absolute Gasteiger partial charge is 0.263 e. The summed E-state index contributed by atoms with van der Waals surface area (Å²) in [5, 5.41) is 24.2. The molecule has 2 rings (SSSR count). The number of amides is 1. The van der Waals surface area contributed by atoms with E-state index in [1.165, 1.54) is 6.20 Å². The molecule has 128 valence electrons. The fourth-order valence-electron chi connectivity index (χ4n) is 2.27. The van der Waals surface area contributed by atoms with Crippen molar-refractivity contribution in [2.45, 2.75) is 20.3 Å². The molecular weight excluding hydrogens is 314 g/mol. The largest absolute Gasteiger partial charge is 0.508 e. The molecule has 5 nitrogen and oxygen atoms in total. The molecular formula is C20H21N3O2. The van der Waals surface area contributed by atoms with Crippen molar-refractivity contribution < 1.29 is 9.90 Å². The minimum Gasteiger partial charge on any atom is -0.508 e. The van der Waals surface area contributed by atoms with Gasteiger partial charge in [0, 0.05) is 18.4 Å². The summed E-state index contributed by atoms with van der Waals surface area (Å²) < 4.78 is 0. The third-order valence-corrected chi connectivity index (χ3v) is 3.77. The Bertz CT molecular complexity index is 818. The van der Waals surface area contributed by atoms with Gasteiger partial charge in [0.1, 0.15) is 17.4 Å². The van der Waals surface area contributed by atoms with Gasteiger partial charge in [-0.25, -0.2) is 0 Å². The quantitative estimate of drug-likeness (QED) is 0.559. The molecule has 0 atom stereocenters. The van der Waals surface area contributed by atoms with Crippen molar-refractivity contribution >= 4 is 11.6 Å². The number of nitriles is 1. The number of anilines is 1. The molecule has 0 unspecified atom stereocenters. The van der Waals surface area contributed by atoms with Gasteiger partial charge in [-0.1, -0.05) is 24.3 Å². The van der Waals surface area contributed by atoms with Gasteiger partial charge in [0.25, 0.3) is 5.91 Å². The highest BCUT2D eigenvalue weighted by Crippen LogP contribution is 2.16. The van der Waals surface area contributed by atoms with Gasteiger partial charge < -0.3 is 15.7 Å². The van der Waals surface area contributed by atoms with Gasteiger partial charge >= 0.3 is 0 Å². The highest BCUT2D eigenvalue weighted by Gasteiger charge is 2.08. The number of hydrogen-bond donors (Lipinski definition) is 3. The van der Waals surface area contributed by atoms with Crippen LogP contribution < -0.4 is 10.6 Å². The lowest BCUT2D eigenvalue weighted by molar-refractivity contribution is -0.117. The van der Waals surface area contributed by atoms with Crippen LogP contribution in [0.3, 0.4) is 0 Å². The van der Waals surface area contributed by atoms with E-state index in [1.807, 2.05) is 38.1 Å². The van der Waals surface area contributed by atoms with E-state index >= 15 is 0 Å². The van der Waals surface area contributed by atoms with E-state index in [0.717, 1.165) is 22.4 Å². The summed E-state index contributed by atoms with van der Waals surface area (Å²) in [5.74, 6) is -0.209. The molecule has 0 aromatic heterocycles. The first-order valence-electron chi connectivity index (χ1n) is 8.00. The lowest BCUT2D eigenvalue weighted by Crippen LogP contribution is -2.27. The fraction of sp³-hybridized carbons (Fsp3) is 0.200. The van der Waals surface area contributed by atoms with E-state index < -0.39 is 5.91 Å². The molecule has 0 spiro atoms. The topological polar surface area (TPSA) is 85.2 Å². The van der Waals surface area contributed by atoms with Crippen molar-refractivity contribution in [3.63, 3.8) is 0 Å². The lowest BCUT2D eigenvalue weighted by Gasteiger charge is -2.08. The Kier molecular flexibility index (Phi) is 6.19. The van der Waals surface area contributed by atoms with Crippen LogP contribution in [-0.2, 0) is 11.2 Å². The molecule has 0 radical (unpaired) electrons. The third-order valence-electron chi connectivity index (χ3n) is 3.77. The number of nitrogens with one attached hydrogen (secondary N) is 2. The van der Waals surface area contributed by atoms with Crippen molar-refractivity contribution in [2.75, 3.05) is 11.9 Å². The van der Waals surface area contributed by atoms with Crippen molar-refractivity contribution in [3.05, 3.63) is 70.9 Å². The molecule has 0 aliphatic carbocycles. The Balaban J connectivity index is 1.92. The van der Waals surface area contributed by atoms with Gasteiger partial charge in [-0.05, 0) is 55.2 Å². The Labute approximate surface area is 147 Å². The number of nitrogens with zero attached hydrogens (tertiary/aromatic N) is 1. The lowest BCUT2D eigenvalue weighted by atomic mass is 10.1. The Morgan fingerprint density at radius 2 is 1.92 bits per heavy atom. The fourth-order valence-corrected chi connectivity index (χ4v) is 2.27. The van der Waals surface area contributed by atoms with E-state index in [4.69, 9.17) is 0 Å². The van der Waals surface area contributed by atoms with Crippen molar-refractivity contribution in [1.82, 2.24) is 5.32 Å². The van der Waals surface area contributed by atoms with Crippen molar-refractivity contribution in [1.29, 1.82) is 5.26 Å². The van der Waals surface area contributed by atoms with Crippen LogP contribution in [0.25, 0.3) is 0 Å². The number of hydrogen-bond acceptors (Lipinski definition) is 4. The van der Waals surface area contributed by atoms with Crippen LogP contribution in [0, 0.1) is 25.2 Å². The summed E-state index contributed by atoms with van der Waals surface area (Å²) in [5.41, 5.74) is 4.01. The minimum absolute atomic E-state index is 0.0200. The number of phenolic OH excluding ortho intramolecular Hbond substituents is 1. The van der Waals surface area contributed by atoms with Gasteiger partial charge in [-0.3, -0.25) is 4.79 Å². The van der Waals surface area contributed by atoms with Crippen LogP contribution in [0.1, 0.15) is 16.7 Å². The normalized spacial score (nSPS) is 10.8. The second kappa shape index (κ2) is 8.55.